The SMILES string of the molecule is O=C(Cc1ccc([N+](=O)[O-])cc1)c1ccc(F)c(F)c1F. The lowest BCUT2D eigenvalue weighted by molar-refractivity contribution is -0.384. The van der Waals surface area contributed by atoms with Gasteiger partial charge in [-0.05, 0) is 17.7 Å². The first-order chi connectivity index (χ1) is 9.90. The van der Waals surface area contributed by atoms with Crippen molar-refractivity contribution in [2.75, 3.05) is 0 Å². The number of nitrogens with zero attached hydrogens (tertiary/aromatic N) is 1. The van der Waals surface area contributed by atoms with Crippen molar-refractivity contribution in [1.29, 1.82) is 0 Å². The summed E-state index contributed by atoms with van der Waals surface area (Å²) in [6, 6.07) is 6.61. The number of benzene rings is 2. The van der Waals surface area contributed by atoms with E-state index in [4.69, 9.17) is 0 Å². The summed E-state index contributed by atoms with van der Waals surface area (Å²) in [5, 5.41) is 10.5. The van der Waals surface area contributed by atoms with E-state index in [9.17, 15) is 28.1 Å². The average Bonchev–Trinajstić information content (AvgIpc) is 2.45. The van der Waals surface area contributed by atoms with Crippen LogP contribution in [0.25, 0.3) is 0 Å². The van der Waals surface area contributed by atoms with E-state index in [1.165, 1.54) is 24.3 Å². The normalized spacial score (nSPS) is 10.4. The summed E-state index contributed by atoms with van der Waals surface area (Å²) in [5.41, 5.74) is -0.313. The molecule has 0 N–H and O–H groups in total. The molecule has 0 saturated heterocycles. The molecule has 108 valence electrons. The van der Waals surface area contributed by atoms with Crippen LogP contribution < -0.4 is 0 Å². The highest BCUT2D eigenvalue weighted by Gasteiger charge is 2.19. The van der Waals surface area contributed by atoms with Gasteiger partial charge in [-0.15, -0.1) is 0 Å². The van der Waals surface area contributed by atoms with E-state index in [-0.39, 0.29) is 12.1 Å². The molecular weight excluding hydrogens is 287 g/mol. The van der Waals surface area contributed by atoms with E-state index in [1.54, 1.807) is 0 Å². The molecule has 0 aliphatic heterocycles. The zero-order chi connectivity index (χ0) is 15.6. The van der Waals surface area contributed by atoms with E-state index in [0.717, 1.165) is 6.07 Å². The first-order valence-corrected chi connectivity index (χ1v) is 5.80. The maximum Gasteiger partial charge on any atom is 0.269 e. The monoisotopic (exact) mass is 295 g/mol. The average molecular weight is 295 g/mol. The van der Waals surface area contributed by atoms with Crippen molar-refractivity contribution in [1.82, 2.24) is 0 Å². The van der Waals surface area contributed by atoms with Gasteiger partial charge in [0.2, 0.25) is 0 Å². The molecule has 0 atom stereocenters. The van der Waals surface area contributed by atoms with Crippen molar-refractivity contribution < 1.29 is 22.9 Å². The lowest BCUT2D eigenvalue weighted by Gasteiger charge is -2.04. The lowest BCUT2D eigenvalue weighted by atomic mass is 10.0. The highest BCUT2D eigenvalue weighted by Crippen LogP contribution is 2.18. The topological polar surface area (TPSA) is 60.2 Å². The molecule has 7 heteroatoms. The van der Waals surface area contributed by atoms with Crippen LogP contribution in [0.15, 0.2) is 36.4 Å². The van der Waals surface area contributed by atoms with Crippen LogP contribution in [0.2, 0.25) is 0 Å². The highest BCUT2D eigenvalue weighted by atomic mass is 19.2. The Bertz CT molecular complexity index is 714. The number of halogens is 3. The number of non-ortho nitro benzene ring substituents is 1. The first kappa shape index (κ1) is 14.7. The molecule has 2 aromatic rings. The Labute approximate surface area is 117 Å². The molecule has 0 saturated carbocycles. The second kappa shape index (κ2) is 5.74. The van der Waals surface area contributed by atoms with Gasteiger partial charge in [-0.3, -0.25) is 14.9 Å². The Morgan fingerprint density at radius 1 is 1.00 bits per heavy atom. The van der Waals surface area contributed by atoms with E-state index in [0.29, 0.717) is 11.6 Å². The standard InChI is InChI=1S/C14H8F3NO3/c15-11-6-5-10(13(16)14(11)17)12(19)7-8-1-3-9(4-2-8)18(20)21/h1-6H,7H2. The third-order valence-corrected chi connectivity index (χ3v) is 2.85. The van der Waals surface area contributed by atoms with Crippen LogP contribution in [-0.2, 0) is 6.42 Å². The van der Waals surface area contributed by atoms with Gasteiger partial charge in [-0.25, -0.2) is 13.2 Å². The van der Waals surface area contributed by atoms with Crippen molar-refractivity contribution in [3.63, 3.8) is 0 Å². The van der Waals surface area contributed by atoms with Gasteiger partial charge in [0.1, 0.15) is 0 Å². The molecule has 0 amide bonds. The van der Waals surface area contributed by atoms with E-state index >= 15 is 0 Å². The van der Waals surface area contributed by atoms with Crippen molar-refractivity contribution in [3.05, 3.63) is 75.1 Å². The first-order valence-electron chi connectivity index (χ1n) is 5.80. The summed E-state index contributed by atoms with van der Waals surface area (Å²) in [6.07, 6.45) is -0.278. The Kier molecular flexibility index (Phi) is 4.02. The van der Waals surface area contributed by atoms with Gasteiger partial charge in [-0.1, -0.05) is 12.1 Å². The second-order valence-electron chi connectivity index (χ2n) is 4.25. The number of nitro benzene ring substituents is 1. The van der Waals surface area contributed by atoms with Gasteiger partial charge < -0.3 is 0 Å². The molecule has 4 nitrogen and oxygen atoms in total. The van der Waals surface area contributed by atoms with Crippen molar-refractivity contribution in [3.8, 4) is 0 Å². The molecule has 0 radical (unpaired) electrons. The van der Waals surface area contributed by atoms with Crippen molar-refractivity contribution in [2.45, 2.75) is 6.42 Å². The summed E-state index contributed by atoms with van der Waals surface area (Å²) in [5.74, 6) is -5.37. The molecular formula is C14H8F3NO3. The number of carbonyl (C=O) groups is 1. The van der Waals surface area contributed by atoms with E-state index < -0.39 is 33.7 Å². The third-order valence-electron chi connectivity index (χ3n) is 2.85. The zero-order valence-electron chi connectivity index (χ0n) is 10.5. The number of carbonyl (C=O) groups excluding carboxylic acids is 1. The number of rotatable bonds is 4. The van der Waals surface area contributed by atoms with Gasteiger partial charge in [0.15, 0.2) is 23.2 Å². The molecule has 21 heavy (non-hydrogen) atoms. The van der Waals surface area contributed by atoms with Crippen LogP contribution in [0, 0.1) is 27.6 Å². The summed E-state index contributed by atoms with van der Waals surface area (Å²) in [4.78, 5) is 21.7. The van der Waals surface area contributed by atoms with Gasteiger partial charge in [-0.2, -0.15) is 0 Å². The van der Waals surface area contributed by atoms with Crippen molar-refractivity contribution >= 4 is 11.5 Å². The number of ketones is 1. The molecule has 0 aromatic heterocycles. The molecule has 0 bridgehead atoms. The van der Waals surface area contributed by atoms with Gasteiger partial charge in [0, 0.05) is 18.6 Å². The van der Waals surface area contributed by atoms with Crippen LogP contribution in [0.4, 0.5) is 18.9 Å². The zero-order valence-corrected chi connectivity index (χ0v) is 10.5. The van der Waals surface area contributed by atoms with Gasteiger partial charge >= 0.3 is 0 Å². The molecule has 0 spiro atoms. The molecule has 2 aromatic carbocycles. The van der Waals surface area contributed by atoms with Gasteiger partial charge in [0.25, 0.3) is 5.69 Å². The van der Waals surface area contributed by atoms with Crippen LogP contribution >= 0.6 is 0 Å². The fourth-order valence-electron chi connectivity index (χ4n) is 1.76. The minimum Gasteiger partial charge on any atom is -0.294 e. The van der Waals surface area contributed by atoms with Crippen LogP contribution in [-0.4, -0.2) is 10.7 Å². The molecule has 0 fully saturated rings. The molecule has 0 unspecified atom stereocenters. The Morgan fingerprint density at radius 2 is 1.62 bits per heavy atom. The predicted molar refractivity (Wildman–Crippen MR) is 67.4 cm³/mol. The molecule has 0 aliphatic rings. The fraction of sp³-hybridized carbons (Fsp3) is 0.0714. The Balaban J connectivity index is 2.22. The second-order valence-corrected chi connectivity index (χ2v) is 4.25. The maximum absolute atomic E-state index is 13.5. The predicted octanol–water partition coefficient (Wildman–Crippen LogP) is 3.44. The quantitative estimate of drug-likeness (QED) is 0.376. The molecule has 0 aliphatic carbocycles. The molecule has 0 heterocycles. The highest BCUT2D eigenvalue weighted by molar-refractivity contribution is 5.97. The Morgan fingerprint density at radius 3 is 2.19 bits per heavy atom. The number of hydrogen-bond acceptors (Lipinski definition) is 3. The third kappa shape index (κ3) is 3.07. The summed E-state index contributed by atoms with van der Waals surface area (Å²) in [7, 11) is 0. The largest absolute Gasteiger partial charge is 0.294 e. The lowest BCUT2D eigenvalue weighted by Crippen LogP contribution is -2.08. The van der Waals surface area contributed by atoms with E-state index in [2.05, 4.69) is 0 Å². The summed E-state index contributed by atoms with van der Waals surface area (Å²) >= 11 is 0. The number of Topliss-reactive ketones (excluding diaryl/α,β-unsaturated/α-hetero) is 1. The van der Waals surface area contributed by atoms with Crippen LogP contribution in [0.3, 0.4) is 0 Å². The fourth-order valence-corrected chi connectivity index (χ4v) is 1.76. The van der Waals surface area contributed by atoms with Crippen LogP contribution in [0.5, 0.6) is 0 Å². The van der Waals surface area contributed by atoms with Crippen molar-refractivity contribution in [2.24, 2.45) is 0 Å². The van der Waals surface area contributed by atoms with E-state index in [1.807, 2.05) is 0 Å². The molecule has 2 rings (SSSR count). The number of hydrogen-bond donors (Lipinski definition) is 0. The minimum absolute atomic E-state index is 0.148. The number of nitro groups is 1. The summed E-state index contributed by atoms with van der Waals surface area (Å²) < 4.78 is 39.3. The maximum atomic E-state index is 13.5. The minimum atomic E-state index is -1.70. The Hall–Kier alpha value is -2.70. The smallest absolute Gasteiger partial charge is 0.269 e. The summed E-state index contributed by atoms with van der Waals surface area (Å²) in [6.45, 7) is 0. The van der Waals surface area contributed by atoms with Crippen LogP contribution in [0.1, 0.15) is 15.9 Å². The van der Waals surface area contributed by atoms with Gasteiger partial charge in [0.05, 0.1) is 10.5 Å².